The first kappa shape index (κ1) is 20.6. The molecule has 1 unspecified atom stereocenters. The molecule has 162 valence electrons. The predicted molar refractivity (Wildman–Crippen MR) is 112 cm³/mol. The van der Waals surface area contributed by atoms with Gasteiger partial charge in [0.25, 0.3) is 11.8 Å². The van der Waals surface area contributed by atoms with Crippen LogP contribution in [0.15, 0.2) is 17.2 Å². The molecule has 0 radical (unpaired) electrons. The highest BCUT2D eigenvalue weighted by molar-refractivity contribution is 6.03. The van der Waals surface area contributed by atoms with Gasteiger partial charge in [0.2, 0.25) is 5.95 Å². The summed E-state index contributed by atoms with van der Waals surface area (Å²) in [7, 11) is 1.41. The van der Waals surface area contributed by atoms with Gasteiger partial charge >= 0.3 is 0 Å². The van der Waals surface area contributed by atoms with Gasteiger partial charge in [0.15, 0.2) is 0 Å². The molecule has 2 fully saturated rings. The van der Waals surface area contributed by atoms with Gasteiger partial charge < -0.3 is 25.0 Å². The third-order valence-electron chi connectivity index (χ3n) is 5.48. The number of nitrogens with zero attached hydrogens (tertiary/aromatic N) is 7. The molecule has 4 rings (SSSR count). The van der Waals surface area contributed by atoms with E-state index < -0.39 is 5.91 Å². The Morgan fingerprint density at radius 1 is 1.29 bits per heavy atom. The molecule has 0 aliphatic carbocycles. The van der Waals surface area contributed by atoms with Crippen molar-refractivity contribution in [3.05, 3.63) is 28.1 Å². The zero-order valence-electron chi connectivity index (χ0n) is 17.0. The second-order valence-corrected chi connectivity index (χ2v) is 7.29. The van der Waals surface area contributed by atoms with E-state index >= 15 is 0 Å². The van der Waals surface area contributed by atoms with E-state index in [0.717, 1.165) is 12.8 Å². The van der Waals surface area contributed by atoms with Gasteiger partial charge in [-0.1, -0.05) is 0 Å². The van der Waals surface area contributed by atoms with Crippen LogP contribution in [0, 0.1) is 0 Å². The highest BCUT2D eigenvalue weighted by Crippen LogP contribution is 2.30. The predicted octanol–water partition coefficient (Wildman–Crippen LogP) is 1.50. The lowest BCUT2D eigenvalue weighted by Crippen LogP contribution is -2.51. The number of anilines is 2. The number of benzene rings is 1. The number of azide groups is 1. The van der Waals surface area contributed by atoms with E-state index in [-0.39, 0.29) is 29.1 Å². The molecule has 2 amide bonds. The lowest BCUT2D eigenvalue weighted by Gasteiger charge is -2.35. The molecule has 2 aliphatic heterocycles. The Labute approximate surface area is 177 Å². The molecule has 0 bridgehead atoms. The Balaban J connectivity index is 1.56. The Bertz CT molecular complexity index is 1070. The number of ether oxygens (including phenoxy) is 2. The zero-order valence-corrected chi connectivity index (χ0v) is 17.0. The average molecular weight is 426 g/mol. The molecule has 2 saturated heterocycles. The molecule has 0 saturated carbocycles. The molecular weight excluding hydrogens is 404 g/mol. The van der Waals surface area contributed by atoms with Crippen LogP contribution in [0.25, 0.3) is 21.3 Å². The molecule has 1 aromatic heterocycles. The molecule has 12 heteroatoms. The number of methoxy groups -OCH3 is 1. The molecule has 31 heavy (non-hydrogen) atoms. The number of piperazine rings is 1. The number of hydrogen-bond donors (Lipinski definition) is 1. The Hall–Kier alpha value is -3.63. The SMILES string of the molecule is COc1cc2nc(N3CCN(C(=O)C4CCCO4)CC3)nc(N)c2cc1C(=O)N=[N+]=[N-]. The number of nitrogen functional groups attached to an aromatic ring is 1. The summed E-state index contributed by atoms with van der Waals surface area (Å²) in [6.07, 6.45) is 1.36. The largest absolute Gasteiger partial charge is 0.496 e. The number of hydrogen-bond acceptors (Lipinski definition) is 8. The van der Waals surface area contributed by atoms with Gasteiger partial charge in [-0.05, 0) is 29.6 Å². The van der Waals surface area contributed by atoms with Crippen LogP contribution in [0.3, 0.4) is 0 Å². The molecule has 0 spiro atoms. The third kappa shape index (κ3) is 4.03. The maximum Gasteiger partial charge on any atom is 0.252 e. The summed E-state index contributed by atoms with van der Waals surface area (Å²) >= 11 is 0. The summed E-state index contributed by atoms with van der Waals surface area (Å²) in [6, 6.07) is 3.02. The van der Waals surface area contributed by atoms with Crippen LogP contribution < -0.4 is 15.4 Å². The van der Waals surface area contributed by atoms with E-state index in [0.29, 0.717) is 49.6 Å². The maximum atomic E-state index is 12.5. The van der Waals surface area contributed by atoms with Gasteiger partial charge in [-0.25, -0.2) is 4.98 Å². The second-order valence-electron chi connectivity index (χ2n) is 7.29. The van der Waals surface area contributed by atoms with Crippen molar-refractivity contribution in [3.8, 4) is 5.75 Å². The number of rotatable bonds is 4. The van der Waals surface area contributed by atoms with Gasteiger partial charge in [-0.15, -0.1) is 0 Å². The summed E-state index contributed by atoms with van der Waals surface area (Å²) in [6.45, 7) is 2.86. The summed E-state index contributed by atoms with van der Waals surface area (Å²) in [5.41, 5.74) is 15.3. The Kier molecular flexibility index (Phi) is 5.74. The van der Waals surface area contributed by atoms with Crippen LogP contribution in [0.1, 0.15) is 23.2 Å². The fourth-order valence-electron chi connectivity index (χ4n) is 3.84. The average Bonchev–Trinajstić information content (AvgIpc) is 3.33. The number of carbonyl (C=O) groups excluding carboxylic acids is 2. The topological polar surface area (TPSA) is 160 Å². The van der Waals surface area contributed by atoms with Crippen molar-refractivity contribution in [1.82, 2.24) is 14.9 Å². The molecule has 1 atom stereocenters. The Morgan fingerprint density at radius 3 is 2.71 bits per heavy atom. The third-order valence-corrected chi connectivity index (χ3v) is 5.48. The first-order valence-corrected chi connectivity index (χ1v) is 9.92. The van der Waals surface area contributed by atoms with E-state index in [9.17, 15) is 9.59 Å². The molecule has 2 aromatic rings. The first-order valence-electron chi connectivity index (χ1n) is 9.92. The van der Waals surface area contributed by atoms with Gasteiger partial charge in [0.05, 0.1) is 18.2 Å². The first-order chi connectivity index (χ1) is 15.0. The van der Waals surface area contributed by atoms with Gasteiger partial charge in [0, 0.05) is 49.2 Å². The molecule has 12 nitrogen and oxygen atoms in total. The second kappa shape index (κ2) is 8.62. The van der Waals surface area contributed by atoms with Crippen LogP contribution >= 0.6 is 0 Å². The summed E-state index contributed by atoms with van der Waals surface area (Å²) in [4.78, 5) is 39.8. The standard InChI is InChI=1S/C19H22N8O4/c1-30-15-10-13-11(9-12(15)17(28)24-25-21)16(20)23-19(22-13)27-6-4-26(5-7-27)18(29)14-3-2-8-31-14/h9-10,14H,2-8H2,1H3,(H2,20,22,23). The van der Waals surface area contributed by atoms with E-state index in [1.807, 2.05) is 9.80 Å². The number of nitrogens with two attached hydrogens (primary N) is 1. The number of amides is 2. The van der Waals surface area contributed by atoms with Crippen molar-refractivity contribution < 1.29 is 19.1 Å². The number of fused-ring (bicyclic) bond motifs is 1. The summed E-state index contributed by atoms with van der Waals surface area (Å²) in [5, 5.41) is 3.56. The zero-order chi connectivity index (χ0) is 22.0. The molecule has 2 N–H and O–H groups in total. The monoisotopic (exact) mass is 426 g/mol. The van der Waals surface area contributed by atoms with Crippen molar-refractivity contribution in [2.75, 3.05) is 50.5 Å². The van der Waals surface area contributed by atoms with Crippen molar-refractivity contribution in [1.29, 1.82) is 0 Å². The minimum atomic E-state index is -0.781. The summed E-state index contributed by atoms with van der Waals surface area (Å²) in [5.74, 6) is 0.108. The fraction of sp³-hybridized carbons (Fsp3) is 0.474. The highest BCUT2D eigenvalue weighted by atomic mass is 16.5. The number of aromatic nitrogens is 2. The lowest BCUT2D eigenvalue weighted by atomic mass is 10.1. The quantitative estimate of drug-likeness (QED) is 0.437. The van der Waals surface area contributed by atoms with Gasteiger partial charge in [-0.2, -0.15) is 4.98 Å². The van der Waals surface area contributed by atoms with Crippen LogP contribution in [0.4, 0.5) is 11.8 Å². The van der Waals surface area contributed by atoms with E-state index in [4.69, 9.17) is 20.7 Å². The van der Waals surface area contributed by atoms with E-state index in [1.165, 1.54) is 13.2 Å². The van der Waals surface area contributed by atoms with Gasteiger partial charge in [0.1, 0.15) is 17.7 Å². The molecule has 1 aromatic carbocycles. The molecule has 3 heterocycles. The minimum Gasteiger partial charge on any atom is -0.496 e. The normalized spacial score (nSPS) is 18.7. The van der Waals surface area contributed by atoms with Crippen LogP contribution in [0.2, 0.25) is 0 Å². The number of carbonyl (C=O) groups is 2. The van der Waals surface area contributed by atoms with Crippen LogP contribution in [0.5, 0.6) is 5.75 Å². The smallest absolute Gasteiger partial charge is 0.252 e. The van der Waals surface area contributed by atoms with E-state index in [2.05, 4.69) is 20.0 Å². The highest BCUT2D eigenvalue weighted by Gasteiger charge is 2.31. The Morgan fingerprint density at radius 2 is 2.06 bits per heavy atom. The van der Waals surface area contributed by atoms with Crippen LogP contribution in [-0.4, -0.2) is 72.7 Å². The van der Waals surface area contributed by atoms with Crippen molar-refractivity contribution in [2.45, 2.75) is 18.9 Å². The lowest BCUT2D eigenvalue weighted by molar-refractivity contribution is -0.141. The maximum absolute atomic E-state index is 12.5. The van der Waals surface area contributed by atoms with Crippen molar-refractivity contribution in [2.24, 2.45) is 5.11 Å². The minimum absolute atomic E-state index is 0.0399. The van der Waals surface area contributed by atoms with Crippen LogP contribution in [-0.2, 0) is 9.53 Å². The fourth-order valence-corrected chi connectivity index (χ4v) is 3.84. The van der Waals surface area contributed by atoms with E-state index in [1.54, 1.807) is 6.07 Å². The molecular formula is C19H22N8O4. The molecule has 2 aliphatic rings. The summed E-state index contributed by atoms with van der Waals surface area (Å²) < 4.78 is 10.8. The van der Waals surface area contributed by atoms with Gasteiger partial charge in [-0.3, -0.25) is 9.59 Å². The van der Waals surface area contributed by atoms with Crippen molar-refractivity contribution in [3.63, 3.8) is 0 Å². The van der Waals surface area contributed by atoms with Crippen molar-refractivity contribution >= 4 is 34.5 Å².